The van der Waals surface area contributed by atoms with Gasteiger partial charge < -0.3 is 5.11 Å². The van der Waals surface area contributed by atoms with E-state index in [2.05, 4.69) is 17.6 Å². The molecule has 4 heteroatoms. The molecule has 3 nitrogen and oxygen atoms in total. The first-order chi connectivity index (χ1) is 7.08. The molecule has 0 fully saturated rings. The molecule has 0 aliphatic carbocycles. The monoisotopic (exact) mass is 214 g/mol. The van der Waals surface area contributed by atoms with E-state index in [1.807, 2.05) is 6.07 Å². The first kappa shape index (κ1) is 10.9. The van der Waals surface area contributed by atoms with Gasteiger partial charge >= 0.3 is 0 Å². The van der Waals surface area contributed by atoms with Crippen molar-refractivity contribution in [1.29, 1.82) is 1.43 Å². The normalized spacial score (nSPS) is 10.9. The van der Waals surface area contributed by atoms with Crippen LogP contribution in [-0.2, 0) is 12.5 Å². The molecular weight excluding hydrogens is 200 g/mol. The van der Waals surface area contributed by atoms with Crippen molar-refractivity contribution in [3.05, 3.63) is 35.9 Å². The Labute approximate surface area is 89.8 Å². The molecule has 0 bridgehead atoms. The summed E-state index contributed by atoms with van der Waals surface area (Å²) in [6, 6.07) is 8.83. The van der Waals surface area contributed by atoms with Crippen molar-refractivity contribution in [2.75, 3.05) is 0 Å². The van der Waals surface area contributed by atoms with E-state index in [-0.39, 0.29) is 5.78 Å². The summed E-state index contributed by atoms with van der Waals surface area (Å²) in [7, 11) is 0. The van der Waals surface area contributed by atoms with Crippen molar-refractivity contribution in [3.63, 3.8) is 0 Å². The number of carbonyl (C=O) groups is 1. The van der Waals surface area contributed by atoms with Crippen LogP contribution >= 0.6 is 0 Å². The van der Waals surface area contributed by atoms with Crippen LogP contribution in [-0.4, -0.2) is 22.1 Å². The molecular formula is C10H12O3S. The lowest BCUT2D eigenvalue weighted by Gasteiger charge is -2.14. The molecule has 0 aliphatic heterocycles. The molecule has 1 N–H and O–H groups in total. The lowest BCUT2D eigenvalue weighted by molar-refractivity contribution is 0.0488. The lowest BCUT2D eigenvalue weighted by atomic mass is 9.97. The topological polar surface area (TPSA) is 54.4 Å². The molecule has 0 aliphatic rings. The zero-order valence-corrected chi connectivity index (χ0v) is 8.84. The number of hydrogen-bond acceptors (Lipinski definition) is 4. The second kappa shape index (κ2) is 5.57. The smallest absolute Gasteiger partial charge is 0.211 e. The highest BCUT2D eigenvalue weighted by Crippen LogP contribution is 2.11. The molecule has 0 aromatic heterocycles. The number of Topliss-reactive ketones (excluding diaryl/α,β-unsaturated/α-hetero) is 1. The molecule has 0 unspecified atom stereocenters. The van der Waals surface area contributed by atoms with Crippen molar-refractivity contribution >= 4 is 18.3 Å². The molecule has 0 atom stereocenters. The van der Waals surface area contributed by atoms with Crippen LogP contribution in [0.5, 0.6) is 0 Å². The van der Waals surface area contributed by atoms with Crippen LogP contribution in [0.3, 0.4) is 0 Å². The molecule has 14 heavy (non-hydrogen) atoms. The number of ketones is 1. The van der Waals surface area contributed by atoms with E-state index < -0.39 is 5.60 Å². The standard InChI is InChI=1S/C10H12O2.OS/c1-10(2,12)9(11)8-6-4-3-5-7-8;1-2/h3-7,12H,1-2H3;/i12T;. The van der Waals surface area contributed by atoms with Crippen molar-refractivity contribution in [2.45, 2.75) is 19.4 Å². The fourth-order valence-corrected chi connectivity index (χ4v) is 0.937. The summed E-state index contributed by atoms with van der Waals surface area (Å²) in [6.45, 7) is 3.16. The van der Waals surface area contributed by atoms with Crippen molar-refractivity contribution < 1.29 is 14.1 Å². The summed E-state index contributed by atoms with van der Waals surface area (Å²) < 4.78 is 14.6. The molecule has 1 aromatic carbocycles. The van der Waals surface area contributed by atoms with Gasteiger partial charge in [-0.3, -0.25) is 4.79 Å². The summed E-state index contributed by atoms with van der Waals surface area (Å²) in [4.78, 5) is 11.7. The predicted molar refractivity (Wildman–Crippen MR) is 55.2 cm³/mol. The maximum Gasteiger partial charge on any atom is 0.211 e. The highest BCUT2D eigenvalue weighted by molar-refractivity contribution is 7.44. The average molecular weight is 214 g/mol. The van der Waals surface area contributed by atoms with E-state index >= 15 is 0 Å². The van der Waals surface area contributed by atoms with Gasteiger partial charge in [0.15, 0.2) is 18.3 Å². The first-order valence-electron chi connectivity index (χ1n) is 4.39. The molecule has 0 amide bonds. The molecule has 0 saturated heterocycles. The van der Waals surface area contributed by atoms with Crippen LogP contribution in [0.2, 0.25) is 0 Å². The minimum absolute atomic E-state index is 0.178. The lowest BCUT2D eigenvalue weighted by Crippen LogP contribution is -2.30. The van der Waals surface area contributed by atoms with Crippen molar-refractivity contribution in [1.82, 2.24) is 0 Å². The fraction of sp³-hybridized carbons (Fsp3) is 0.300. The Balaban J connectivity index is 0.000000921. The van der Waals surface area contributed by atoms with Gasteiger partial charge in [0, 0.05) is 5.56 Å². The summed E-state index contributed by atoms with van der Waals surface area (Å²) in [5.41, 5.74) is -0.499. The summed E-state index contributed by atoms with van der Waals surface area (Å²) in [5, 5.41) is 4.35. The van der Waals surface area contributed by atoms with Gasteiger partial charge in [0.05, 0.1) is 0 Å². The predicted octanol–water partition coefficient (Wildman–Crippen LogP) is 1.30. The van der Waals surface area contributed by atoms with Gasteiger partial charge in [-0.05, 0) is 13.8 Å². The molecule has 1 aromatic rings. The number of carbonyl (C=O) groups excluding carboxylic acids is 1. The zero-order chi connectivity index (χ0) is 11.9. The van der Waals surface area contributed by atoms with E-state index in [0.717, 1.165) is 0 Å². The van der Waals surface area contributed by atoms with Crippen molar-refractivity contribution in [2.24, 2.45) is 0 Å². The molecule has 76 valence electrons. The Bertz CT molecular complexity index is 314. The van der Waals surface area contributed by atoms with Crippen LogP contribution in [0.1, 0.15) is 24.2 Å². The number of aliphatic hydroxyl groups is 1. The van der Waals surface area contributed by atoms with Crippen LogP contribution in [0.25, 0.3) is 0 Å². The number of rotatable bonds is 3. The van der Waals surface area contributed by atoms with E-state index in [1.165, 1.54) is 0 Å². The third kappa shape index (κ3) is 3.72. The third-order valence-electron chi connectivity index (χ3n) is 1.58. The molecule has 0 radical (unpaired) electrons. The van der Waals surface area contributed by atoms with Crippen LogP contribution in [0.4, 0.5) is 0 Å². The quantitative estimate of drug-likeness (QED) is 0.771. The Kier molecular flexibility index (Phi) is 4.35. The molecule has 1 rings (SSSR count). The van der Waals surface area contributed by atoms with Gasteiger partial charge in [-0.1, -0.05) is 30.3 Å². The Morgan fingerprint density at radius 3 is 2.29 bits per heavy atom. The Morgan fingerprint density at radius 1 is 1.36 bits per heavy atom. The molecule has 0 saturated carbocycles. The van der Waals surface area contributed by atoms with E-state index in [0.29, 0.717) is 5.56 Å². The molecule has 0 heterocycles. The Morgan fingerprint density at radius 2 is 1.86 bits per heavy atom. The fourth-order valence-electron chi connectivity index (χ4n) is 0.937. The van der Waals surface area contributed by atoms with Gasteiger partial charge in [0.2, 0.25) is 1.43 Å². The minimum Gasteiger partial charge on any atom is -0.382 e. The third-order valence-corrected chi connectivity index (χ3v) is 1.58. The SMILES string of the molecule is O=S.[3H]OC(C)(C)C(=O)c1ccccc1. The second-order valence-electron chi connectivity index (χ2n) is 3.21. The highest BCUT2D eigenvalue weighted by atomic mass is 32.1. The van der Waals surface area contributed by atoms with Gasteiger partial charge in [-0.25, -0.2) is 0 Å². The van der Waals surface area contributed by atoms with Crippen LogP contribution < -0.4 is 0 Å². The summed E-state index contributed by atoms with van der Waals surface area (Å²) >= 11 is 2.83. The minimum atomic E-state index is -1.07. The van der Waals surface area contributed by atoms with E-state index in [4.69, 9.17) is 5.64 Å². The van der Waals surface area contributed by atoms with E-state index in [9.17, 15) is 4.79 Å². The maximum absolute atomic E-state index is 11.7. The zero-order valence-electron chi connectivity index (χ0n) is 9.02. The average Bonchev–Trinajstić information content (AvgIpc) is 2.32. The second-order valence-corrected chi connectivity index (χ2v) is 3.21. The largest absolute Gasteiger partial charge is 0.382 e. The molecule has 0 spiro atoms. The number of hydrogen-bond donors (Lipinski definition) is 1. The first-order valence-corrected chi connectivity index (χ1v) is 4.32. The number of benzene rings is 1. The maximum atomic E-state index is 11.7. The van der Waals surface area contributed by atoms with Gasteiger partial charge in [0.1, 0.15) is 5.60 Å². The van der Waals surface area contributed by atoms with Crippen LogP contribution in [0.15, 0.2) is 30.3 Å². The van der Waals surface area contributed by atoms with Crippen LogP contribution in [0, 0.1) is 0 Å². The van der Waals surface area contributed by atoms with Gasteiger partial charge in [-0.15, -0.1) is 0 Å². The summed E-state index contributed by atoms with van der Waals surface area (Å²) in [6.07, 6.45) is 0. The Hall–Kier alpha value is -1.13. The van der Waals surface area contributed by atoms with Gasteiger partial charge in [-0.2, -0.15) is 4.21 Å². The highest BCUT2D eigenvalue weighted by Gasteiger charge is 2.24. The van der Waals surface area contributed by atoms with Crippen molar-refractivity contribution in [3.8, 4) is 0 Å². The summed E-state index contributed by atoms with van der Waals surface area (Å²) in [5.74, 6) is -0.178. The van der Waals surface area contributed by atoms with Gasteiger partial charge in [0.25, 0.3) is 0 Å². The van der Waals surface area contributed by atoms with E-state index in [1.54, 1.807) is 38.1 Å².